The molecule has 0 saturated carbocycles. The van der Waals surface area contributed by atoms with E-state index in [0.29, 0.717) is 17.5 Å². The molecule has 2 N–H and O–H groups in total. The maximum Gasteiger partial charge on any atom is 0.227 e. The number of rotatable bonds is 4. The first-order valence-electron chi connectivity index (χ1n) is 6.53. The van der Waals surface area contributed by atoms with E-state index in [1.54, 1.807) is 0 Å². The van der Waals surface area contributed by atoms with Crippen molar-refractivity contribution >= 4 is 5.82 Å². The van der Waals surface area contributed by atoms with Gasteiger partial charge >= 0.3 is 0 Å². The van der Waals surface area contributed by atoms with Crippen molar-refractivity contribution in [3.63, 3.8) is 0 Å². The Hall–Kier alpha value is -2.10. The van der Waals surface area contributed by atoms with Crippen LogP contribution >= 0.6 is 0 Å². The van der Waals surface area contributed by atoms with E-state index in [1.807, 2.05) is 32.0 Å². The van der Waals surface area contributed by atoms with Crippen LogP contribution in [0, 0.1) is 6.92 Å². The van der Waals surface area contributed by atoms with Crippen molar-refractivity contribution in [1.82, 2.24) is 9.97 Å². The second-order valence-corrected chi connectivity index (χ2v) is 4.41. The highest BCUT2D eigenvalue weighted by Gasteiger charge is 2.10. The molecule has 19 heavy (non-hydrogen) atoms. The Bertz CT molecular complexity index is 582. The topological polar surface area (TPSA) is 61.0 Å². The average molecular weight is 257 g/mol. The second kappa shape index (κ2) is 5.69. The lowest BCUT2D eigenvalue weighted by Crippen LogP contribution is -2.04. The van der Waals surface area contributed by atoms with Crippen LogP contribution in [0.15, 0.2) is 24.3 Å². The molecule has 0 amide bonds. The predicted molar refractivity (Wildman–Crippen MR) is 76.5 cm³/mol. The first kappa shape index (κ1) is 13.3. The van der Waals surface area contributed by atoms with Gasteiger partial charge in [0.1, 0.15) is 17.4 Å². The van der Waals surface area contributed by atoms with Crippen molar-refractivity contribution in [2.45, 2.75) is 33.6 Å². The molecule has 0 fully saturated rings. The SMILES string of the molecule is CCc1cccc(Oc2nc(CC)nc(N)c2C)c1. The Morgan fingerprint density at radius 3 is 2.63 bits per heavy atom. The van der Waals surface area contributed by atoms with Crippen molar-refractivity contribution in [2.24, 2.45) is 0 Å². The number of hydrogen-bond donors (Lipinski definition) is 1. The van der Waals surface area contributed by atoms with E-state index in [4.69, 9.17) is 10.5 Å². The molecule has 0 aliphatic rings. The fourth-order valence-corrected chi connectivity index (χ4v) is 1.76. The van der Waals surface area contributed by atoms with Crippen LogP contribution in [0.2, 0.25) is 0 Å². The van der Waals surface area contributed by atoms with Crippen molar-refractivity contribution in [2.75, 3.05) is 5.73 Å². The minimum atomic E-state index is 0.480. The maximum atomic E-state index is 5.88. The van der Waals surface area contributed by atoms with Crippen LogP contribution in [0.5, 0.6) is 11.6 Å². The zero-order valence-corrected chi connectivity index (χ0v) is 11.6. The Morgan fingerprint density at radius 1 is 1.16 bits per heavy atom. The van der Waals surface area contributed by atoms with Crippen LogP contribution in [0.25, 0.3) is 0 Å². The number of benzene rings is 1. The van der Waals surface area contributed by atoms with Crippen LogP contribution < -0.4 is 10.5 Å². The number of nitrogens with zero attached hydrogens (tertiary/aromatic N) is 2. The normalized spacial score (nSPS) is 10.5. The van der Waals surface area contributed by atoms with Gasteiger partial charge in [0, 0.05) is 6.42 Å². The van der Waals surface area contributed by atoms with Gasteiger partial charge in [-0.2, -0.15) is 4.98 Å². The molecule has 0 bridgehead atoms. The molecule has 0 aliphatic heterocycles. The third-order valence-corrected chi connectivity index (χ3v) is 3.02. The molecule has 0 aliphatic carbocycles. The third kappa shape index (κ3) is 3.02. The largest absolute Gasteiger partial charge is 0.439 e. The van der Waals surface area contributed by atoms with Crippen LogP contribution in [0.3, 0.4) is 0 Å². The highest BCUT2D eigenvalue weighted by atomic mass is 16.5. The van der Waals surface area contributed by atoms with E-state index >= 15 is 0 Å². The fraction of sp³-hybridized carbons (Fsp3) is 0.333. The summed E-state index contributed by atoms with van der Waals surface area (Å²) in [6.45, 7) is 5.97. The molecule has 0 unspecified atom stereocenters. The minimum absolute atomic E-state index is 0.480. The summed E-state index contributed by atoms with van der Waals surface area (Å²) in [4.78, 5) is 8.60. The van der Waals surface area contributed by atoms with E-state index in [9.17, 15) is 0 Å². The summed E-state index contributed by atoms with van der Waals surface area (Å²) < 4.78 is 5.84. The van der Waals surface area contributed by atoms with Crippen LogP contribution in [0.4, 0.5) is 5.82 Å². The van der Waals surface area contributed by atoms with Gasteiger partial charge in [-0.15, -0.1) is 0 Å². The maximum absolute atomic E-state index is 5.88. The molecular weight excluding hydrogens is 238 g/mol. The number of nitrogens with two attached hydrogens (primary N) is 1. The molecule has 0 atom stereocenters. The van der Waals surface area contributed by atoms with Gasteiger partial charge < -0.3 is 10.5 Å². The minimum Gasteiger partial charge on any atom is -0.439 e. The Balaban J connectivity index is 2.34. The van der Waals surface area contributed by atoms with E-state index < -0.39 is 0 Å². The van der Waals surface area contributed by atoms with Gasteiger partial charge in [0.05, 0.1) is 5.56 Å². The Kier molecular flexibility index (Phi) is 4.00. The van der Waals surface area contributed by atoms with E-state index in [2.05, 4.69) is 23.0 Å². The smallest absolute Gasteiger partial charge is 0.227 e. The highest BCUT2D eigenvalue weighted by Crippen LogP contribution is 2.26. The molecule has 1 aromatic heterocycles. The molecule has 0 saturated heterocycles. The fourth-order valence-electron chi connectivity index (χ4n) is 1.76. The van der Waals surface area contributed by atoms with Gasteiger partial charge in [0.2, 0.25) is 5.88 Å². The monoisotopic (exact) mass is 257 g/mol. The number of ether oxygens (including phenoxy) is 1. The molecule has 0 radical (unpaired) electrons. The van der Waals surface area contributed by atoms with Gasteiger partial charge in [-0.05, 0) is 31.0 Å². The number of nitrogen functional groups attached to an aromatic ring is 1. The molecule has 0 spiro atoms. The van der Waals surface area contributed by atoms with Gasteiger partial charge in [0.25, 0.3) is 0 Å². The van der Waals surface area contributed by atoms with Crippen LogP contribution in [-0.4, -0.2) is 9.97 Å². The van der Waals surface area contributed by atoms with Crippen molar-refractivity contribution in [3.8, 4) is 11.6 Å². The van der Waals surface area contributed by atoms with Crippen LogP contribution in [-0.2, 0) is 12.8 Å². The number of anilines is 1. The Morgan fingerprint density at radius 2 is 1.95 bits per heavy atom. The summed E-state index contributed by atoms with van der Waals surface area (Å²) in [5.41, 5.74) is 7.88. The van der Waals surface area contributed by atoms with Crippen LogP contribution in [0.1, 0.15) is 30.8 Å². The Labute approximate surface area is 113 Å². The molecule has 1 heterocycles. The predicted octanol–water partition coefficient (Wildman–Crippen LogP) is 3.28. The van der Waals surface area contributed by atoms with Crippen molar-refractivity contribution < 1.29 is 4.74 Å². The molecular formula is C15H19N3O. The lowest BCUT2D eigenvalue weighted by molar-refractivity contribution is 0.454. The number of aryl methyl sites for hydroxylation is 2. The lowest BCUT2D eigenvalue weighted by Gasteiger charge is -2.11. The molecule has 4 heteroatoms. The third-order valence-electron chi connectivity index (χ3n) is 3.02. The van der Waals surface area contributed by atoms with E-state index in [0.717, 1.165) is 24.2 Å². The van der Waals surface area contributed by atoms with Gasteiger partial charge in [-0.1, -0.05) is 26.0 Å². The lowest BCUT2D eigenvalue weighted by atomic mass is 10.2. The molecule has 1 aromatic carbocycles. The first-order valence-corrected chi connectivity index (χ1v) is 6.53. The second-order valence-electron chi connectivity index (χ2n) is 4.41. The van der Waals surface area contributed by atoms with Crippen molar-refractivity contribution in [3.05, 3.63) is 41.2 Å². The summed E-state index contributed by atoms with van der Waals surface area (Å²) >= 11 is 0. The number of hydrogen-bond acceptors (Lipinski definition) is 4. The molecule has 2 aromatic rings. The molecule has 4 nitrogen and oxygen atoms in total. The summed E-state index contributed by atoms with van der Waals surface area (Å²) in [5, 5.41) is 0. The van der Waals surface area contributed by atoms with E-state index in [-0.39, 0.29) is 0 Å². The average Bonchev–Trinajstić information content (AvgIpc) is 2.43. The summed E-state index contributed by atoms with van der Waals surface area (Å²) in [6.07, 6.45) is 1.71. The summed E-state index contributed by atoms with van der Waals surface area (Å²) in [5.74, 6) is 2.50. The summed E-state index contributed by atoms with van der Waals surface area (Å²) in [7, 11) is 0. The quantitative estimate of drug-likeness (QED) is 0.913. The van der Waals surface area contributed by atoms with Gasteiger partial charge in [-0.3, -0.25) is 0 Å². The summed E-state index contributed by atoms with van der Waals surface area (Å²) in [6, 6.07) is 7.99. The molecule has 2 rings (SSSR count). The van der Waals surface area contributed by atoms with Crippen molar-refractivity contribution in [1.29, 1.82) is 0 Å². The zero-order chi connectivity index (χ0) is 13.8. The van der Waals surface area contributed by atoms with E-state index in [1.165, 1.54) is 5.56 Å². The number of aromatic nitrogens is 2. The molecule has 100 valence electrons. The first-order chi connectivity index (χ1) is 9.13. The van der Waals surface area contributed by atoms with Gasteiger partial charge in [0.15, 0.2) is 0 Å². The highest BCUT2D eigenvalue weighted by molar-refractivity contribution is 5.46. The van der Waals surface area contributed by atoms with Gasteiger partial charge in [-0.25, -0.2) is 4.98 Å². The zero-order valence-electron chi connectivity index (χ0n) is 11.6. The standard InChI is InChI=1S/C15H19N3O/c1-4-11-7-6-8-12(9-11)19-15-10(3)14(16)17-13(5-2)18-15/h6-9H,4-5H2,1-3H3,(H2,16,17,18).